The van der Waals surface area contributed by atoms with Crippen molar-refractivity contribution in [3.63, 3.8) is 0 Å². The third-order valence-electron chi connectivity index (χ3n) is 6.32. The van der Waals surface area contributed by atoms with Crippen molar-refractivity contribution in [2.45, 2.75) is 51.9 Å². The predicted molar refractivity (Wildman–Crippen MR) is 103 cm³/mol. The summed E-state index contributed by atoms with van der Waals surface area (Å²) in [6.07, 6.45) is 3.70. The van der Waals surface area contributed by atoms with Crippen LogP contribution in [0.4, 0.5) is 5.69 Å². The molecule has 3 atom stereocenters. The lowest BCUT2D eigenvalue weighted by molar-refractivity contribution is 0.465. The highest BCUT2D eigenvalue weighted by molar-refractivity contribution is 5.56. The molecule has 0 radical (unpaired) electrons. The van der Waals surface area contributed by atoms with Gasteiger partial charge in [0.05, 0.1) is 0 Å². The van der Waals surface area contributed by atoms with Gasteiger partial charge in [-0.05, 0) is 71.3 Å². The summed E-state index contributed by atoms with van der Waals surface area (Å²) >= 11 is 0. The molecular weight excluding hydrogens is 290 g/mol. The first-order valence-corrected chi connectivity index (χ1v) is 9.58. The van der Waals surface area contributed by atoms with Crippen molar-refractivity contribution in [3.05, 3.63) is 64.7 Å². The lowest BCUT2D eigenvalue weighted by Crippen LogP contribution is -2.20. The molecule has 0 aromatic heterocycles. The van der Waals surface area contributed by atoms with Gasteiger partial charge in [0.15, 0.2) is 0 Å². The Labute approximate surface area is 146 Å². The second-order valence-electron chi connectivity index (χ2n) is 8.14. The van der Waals surface area contributed by atoms with Crippen molar-refractivity contribution in [3.8, 4) is 0 Å². The van der Waals surface area contributed by atoms with Gasteiger partial charge in [0.25, 0.3) is 0 Å². The molecule has 126 valence electrons. The van der Waals surface area contributed by atoms with Crippen LogP contribution in [-0.2, 0) is 12.8 Å². The zero-order valence-corrected chi connectivity index (χ0v) is 15.2. The quantitative estimate of drug-likeness (QED) is 0.758. The summed E-state index contributed by atoms with van der Waals surface area (Å²) in [4.78, 5) is 0. The molecule has 1 aliphatic heterocycles. The Morgan fingerprint density at radius 2 is 1.92 bits per heavy atom. The van der Waals surface area contributed by atoms with Gasteiger partial charge in [-0.25, -0.2) is 0 Å². The zero-order valence-electron chi connectivity index (χ0n) is 15.2. The molecule has 1 heterocycles. The Morgan fingerprint density at radius 3 is 2.71 bits per heavy atom. The van der Waals surface area contributed by atoms with Gasteiger partial charge in [0.1, 0.15) is 0 Å². The Hall–Kier alpha value is -1.76. The van der Waals surface area contributed by atoms with Gasteiger partial charge in [-0.2, -0.15) is 0 Å². The van der Waals surface area contributed by atoms with E-state index in [-0.39, 0.29) is 0 Å². The van der Waals surface area contributed by atoms with Gasteiger partial charge in [0.2, 0.25) is 0 Å². The second kappa shape index (κ2) is 6.27. The Kier molecular flexibility index (Phi) is 4.12. The van der Waals surface area contributed by atoms with E-state index in [4.69, 9.17) is 0 Å². The van der Waals surface area contributed by atoms with Gasteiger partial charge in [0, 0.05) is 12.2 Å². The van der Waals surface area contributed by atoms with E-state index in [0.29, 0.717) is 11.8 Å². The van der Waals surface area contributed by atoms with E-state index >= 15 is 0 Å². The van der Waals surface area contributed by atoms with Crippen molar-refractivity contribution in [1.29, 1.82) is 0 Å². The molecule has 2 aromatic rings. The standard InChI is InChI=1S/C23H29N/c1-15(2)20-10-11-24-23-9-8-17(13-22(20)23)12-19-14-18-6-4-5-7-21(18)16(19)3/h4-9,13,15-16,19-20,24H,10-12,14H2,1-3H3. The molecule has 4 rings (SSSR count). The van der Waals surface area contributed by atoms with Crippen LogP contribution < -0.4 is 5.32 Å². The molecule has 1 aliphatic carbocycles. The normalized spacial score (nSPS) is 25.2. The molecule has 0 saturated heterocycles. The van der Waals surface area contributed by atoms with Crippen molar-refractivity contribution in [2.24, 2.45) is 11.8 Å². The molecule has 1 heteroatoms. The fraction of sp³-hybridized carbons (Fsp3) is 0.478. The Bertz CT molecular complexity index is 731. The maximum absolute atomic E-state index is 3.59. The number of benzene rings is 2. The van der Waals surface area contributed by atoms with E-state index in [1.165, 1.54) is 30.5 Å². The van der Waals surface area contributed by atoms with Gasteiger partial charge in [-0.3, -0.25) is 0 Å². The average molecular weight is 319 g/mol. The lowest BCUT2D eigenvalue weighted by atomic mass is 9.80. The summed E-state index contributed by atoms with van der Waals surface area (Å²) in [7, 11) is 0. The summed E-state index contributed by atoms with van der Waals surface area (Å²) in [6.45, 7) is 8.25. The third-order valence-corrected chi connectivity index (χ3v) is 6.32. The van der Waals surface area contributed by atoms with Crippen LogP contribution in [0, 0.1) is 11.8 Å². The Balaban J connectivity index is 1.57. The molecule has 0 spiro atoms. The number of rotatable bonds is 3. The zero-order chi connectivity index (χ0) is 16.7. The highest BCUT2D eigenvalue weighted by Crippen LogP contribution is 2.41. The number of fused-ring (bicyclic) bond motifs is 2. The molecule has 2 aliphatic rings. The molecule has 0 saturated carbocycles. The van der Waals surface area contributed by atoms with Crippen molar-refractivity contribution in [1.82, 2.24) is 0 Å². The van der Waals surface area contributed by atoms with Crippen LogP contribution in [0.3, 0.4) is 0 Å². The minimum atomic E-state index is 0.677. The Morgan fingerprint density at radius 1 is 1.08 bits per heavy atom. The topological polar surface area (TPSA) is 12.0 Å². The summed E-state index contributed by atoms with van der Waals surface area (Å²) < 4.78 is 0. The minimum absolute atomic E-state index is 0.677. The van der Waals surface area contributed by atoms with E-state index in [1.807, 2.05) is 0 Å². The maximum atomic E-state index is 3.59. The molecule has 2 aromatic carbocycles. The van der Waals surface area contributed by atoms with Crippen LogP contribution in [0.5, 0.6) is 0 Å². The molecule has 24 heavy (non-hydrogen) atoms. The smallest absolute Gasteiger partial charge is 0.0375 e. The van der Waals surface area contributed by atoms with Crippen LogP contribution in [0.15, 0.2) is 42.5 Å². The third kappa shape index (κ3) is 2.75. The number of nitrogens with one attached hydrogen (secondary N) is 1. The fourth-order valence-electron chi connectivity index (χ4n) is 4.85. The van der Waals surface area contributed by atoms with Gasteiger partial charge in [-0.15, -0.1) is 0 Å². The van der Waals surface area contributed by atoms with E-state index in [0.717, 1.165) is 18.4 Å². The van der Waals surface area contributed by atoms with Crippen LogP contribution in [0.2, 0.25) is 0 Å². The second-order valence-corrected chi connectivity index (χ2v) is 8.14. The molecule has 3 unspecified atom stereocenters. The van der Waals surface area contributed by atoms with E-state index in [9.17, 15) is 0 Å². The van der Waals surface area contributed by atoms with Crippen LogP contribution in [0.1, 0.15) is 61.3 Å². The van der Waals surface area contributed by atoms with Crippen molar-refractivity contribution in [2.75, 3.05) is 11.9 Å². The van der Waals surface area contributed by atoms with Crippen LogP contribution >= 0.6 is 0 Å². The monoisotopic (exact) mass is 319 g/mol. The predicted octanol–water partition coefficient (Wildman–Crippen LogP) is 5.76. The first-order chi connectivity index (χ1) is 11.6. The summed E-state index contributed by atoms with van der Waals surface area (Å²) in [5, 5.41) is 3.59. The fourth-order valence-corrected chi connectivity index (χ4v) is 4.85. The van der Waals surface area contributed by atoms with Gasteiger partial charge < -0.3 is 5.32 Å². The van der Waals surface area contributed by atoms with E-state index in [1.54, 1.807) is 16.7 Å². The van der Waals surface area contributed by atoms with E-state index < -0.39 is 0 Å². The molecule has 1 N–H and O–H groups in total. The highest BCUT2D eigenvalue weighted by atomic mass is 14.9. The van der Waals surface area contributed by atoms with Crippen molar-refractivity contribution >= 4 is 5.69 Å². The summed E-state index contributed by atoms with van der Waals surface area (Å²) in [5.41, 5.74) is 7.58. The summed E-state index contributed by atoms with van der Waals surface area (Å²) in [5.74, 6) is 2.85. The molecule has 0 bridgehead atoms. The molecule has 0 amide bonds. The van der Waals surface area contributed by atoms with Crippen LogP contribution in [0.25, 0.3) is 0 Å². The first kappa shape index (κ1) is 15.7. The minimum Gasteiger partial charge on any atom is -0.385 e. The highest BCUT2D eigenvalue weighted by Gasteiger charge is 2.29. The molecule has 0 fully saturated rings. The molecule has 1 nitrogen and oxygen atoms in total. The SMILES string of the molecule is CC(C)C1CCNc2ccc(CC3Cc4ccccc4C3C)cc21. The van der Waals surface area contributed by atoms with E-state index in [2.05, 4.69) is 68.6 Å². The lowest BCUT2D eigenvalue weighted by Gasteiger charge is -2.30. The number of hydrogen-bond acceptors (Lipinski definition) is 1. The summed E-state index contributed by atoms with van der Waals surface area (Å²) in [6, 6.07) is 16.2. The largest absolute Gasteiger partial charge is 0.385 e. The molecular formula is C23H29N. The number of anilines is 1. The number of hydrogen-bond donors (Lipinski definition) is 1. The van der Waals surface area contributed by atoms with Crippen molar-refractivity contribution < 1.29 is 0 Å². The van der Waals surface area contributed by atoms with Gasteiger partial charge >= 0.3 is 0 Å². The van der Waals surface area contributed by atoms with Gasteiger partial charge in [-0.1, -0.05) is 57.2 Å². The maximum Gasteiger partial charge on any atom is 0.0375 e. The van der Waals surface area contributed by atoms with Crippen LogP contribution in [-0.4, -0.2) is 6.54 Å². The first-order valence-electron chi connectivity index (χ1n) is 9.58. The average Bonchev–Trinajstić information content (AvgIpc) is 2.90.